The molecule has 0 aliphatic carbocycles. The number of amides is 1. The van der Waals surface area contributed by atoms with Crippen molar-refractivity contribution >= 4 is 34.8 Å². The van der Waals surface area contributed by atoms with Crippen molar-refractivity contribution in [2.24, 2.45) is 0 Å². The van der Waals surface area contributed by atoms with E-state index in [-0.39, 0.29) is 11.4 Å². The largest absolute Gasteiger partial charge is 0.417 e. The first-order chi connectivity index (χ1) is 12.7. The molecule has 2 heterocycles. The number of hydrogen-bond acceptors (Lipinski definition) is 6. The van der Waals surface area contributed by atoms with Crippen LogP contribution >= 0.6 is 11.6 Å². The fourth-order valence-corrected chi connectivity index (χ4v) is 2.32. The first kappa shape index (κ1) is 18.6. The van der Waals surface area contributed by atoms with Crippen molar-refractivity contribution in [2.45, 2.75) is 13.1 Å². The van der Waals surface area contributed by atoms with Crippen molar-refractivity contribution in [1.29, 1.82) is 0 Å². The summed E-state index contributed by atoms with van der Waals surface area (Å²) in [7, 11) is 0. The Balaban J connectivity index is 1.71. The molecule has 0 saturated heterocycles. The molecule has 0 unspecified atom stereocenters. The van der Waals surface area contributed by atoms with E-state index in [1.807, 2.05) is 0 Å². The predicted octanol–water partition coefficient (Wildman–Crippen LogP) is 4.44. The molecule has 0 saturated carbocycles. The molecule has 7 nitrogen and oxygen atoms in total. The standard InChI is InChI=1S/C16H11ClF3N5O2/c1-8-6-14(25-27-8)22-13-5-4-12(23-24-13)15(26)21-9-2-3-11(17)10(7-9)16(18,19)20/h2-7H,1H3,(H,21,26)(H,22,24,25). The number of halogens is 4. The fraction of sp³-hybridized carbons (Fsp3) is 0.125. The molecule has 11 heteroatoms. The molecule has 0 bridgehead atoms. The van der Waals surface area contributed by atoms with Gasteiger partial charge in [-0.3, -0.25) is 4.79 Å². The van der Waals surface area contributed by atoms with Crippen LogP contribution in [0, 0.1) is 6.92 Å². The van der Waals surface area contributed by atoms with Crippen LogP contribution in [-0.4, -0.2) is 21.3 Å². The Labute approximate surface area is 155 Å². The molecule has 0 fully saturated rings. The molecule has 1 amide bonds. The quantitative estimate of drug-likeness (QED) is 0.676. The average molecular weight is 398 g/mol. The summed E-state index contributed by atoms with van der Waals surface area (Å²) >= 11 is 5.55. The van der Waals surface area contributed by atoms with E-state index >= 15 is 0 Å². The number of anilines is 3. The second-order valence-electron chi connectivity index (χ2n) is 5.40. The summed E-state index contributed by atoms with van der Waals surface area (Å²) in [6.07, 6.45) is -4.63. The molecule has 27 heavy (non-hydrogen) atoms. The van der Waals surface area contributed by atoms with Crippen LogP contribution in [0.1, 0.15) is 21.8 Å². The van der Waals surface area contributed by atoms with Gasteiger partial charge < -0.3 is 15.2 Å². The predicted molar refractivity (Wildman–Crippen MR) is 91.0 cm³/mol. The Kier molecular flexibility index (Phi) is 5.00. The third-order valence-electron chi connectivity index (χ3n) is 3.31. The number of aryl methyl sites for hydroxylation is 1. The van der Waals surface area contributed by atoms with Crippen LogP contribution in [-0.2, 0) is 6.18 Å². The topological polar surface area (TPSA) is 92.9 Å². The van der Waals surface area contributed by atoms with Crippen molar-refractivity contribution in [3.05, 3.63) is 58.4 Å². The molecule has 0 radical (unpaired) electrons. The van der Waals surface area contributed by atoms with Gasteiger partial charge in [0.15, 0.2) is 17.3 Å². The van der Waals surface area contributed by atoms with Gasteiger partial charge in [-0.15, -0.1) is 10.2 Å². The van der Waals surface area contributed by atoms with Crippen LogP contribution in [0.3, 0.4) is 0 Å². The van der Waals surface area contributed by atoms with Crippen molar-refractivity contribution < 1.29 is 22.5 Å². The lowest BCUT2D eigenvalue weighted by atomic mass is 10.2. The Bertz CT molecular complexity index is 973. The highest BCUT2D eigenvalue weighted by Crippen LogP contribution is 2.36. The third kappa shape index (κ3) is 4.53. The number of nitrogens with zero attached hydrogens (tertiary/aromatic N) is 3. The van der Waals surface area contributed by atoms with Crippen LogP contribution in [0.15, 0.2) is 40.9 Å². The van der Waals surface area contributed by atoms with Gasteiger partial charge >= 0.3 is 6.18 Å². The lowest BCUT2D eigenvalue weighted by molar-refractivity contribution is -0.137. The van der Waals surface area contributed by atoms with Crippen molar-refractivity contribution in [3.63, 3.8) is 0 Å². The zero-order valence-electron chi connectivity index (χ0n) is 13.6. The van der Waals surface area contributed by atoms with Gasteiger partial charge in [0.2, 0.25) is 0 Å². The minimum Gasteiger partial charge on any atom is -0.360 e. The zero-order chi connectivity index (χ0) is 19.6. The van der Waals surface area contributed by atoms with E-state index in [1.165, 1.54) is 18.2 Å². The number of benzene rings is 1. The van der Waals surface area contributed by atoms with E-state index in [0.29, 0.717) is 17.4 Å². The van der Waals surface area contributed by atoms with Gasteiger partial charge in [-0.05, 0) is 37.3 Å². The number of carbonyl (C=O) groups is 1. The maximum absolute atomic E-state index is 12.9. The SMILES string of the molecule is Cc1cc(Nc2ccc(C(=O)Nc3ccc(Cl)c(C(F)(F)F)c3)nn2)no1. The lowest BCUT2D eigenvalue weighted by Crippen LogP contribution is -2.15. The molecular formula is C16H11ClF3N5O2. The molecule has 2 aromatic heterocycles. The van der Waals surface area contributed by atoms with E-state index < -0.39 is 22.7 Å². The third-order valence-corrected chi connectivity index (χ3v) is 3.64. The highest BCUT2D eigenvalue weighted by molar-refractivity contribution is 6.31. The van der Waals surface area contributed by atoms with Crippen LogP contribution in [0.25, 0.3) is 0 Å². The summed E-state index contributed by atoms with van der Waals surface area (Å²) in [5, 5.41) is 16.0. The number of aromatic nitrogens is 3. The van der Waals surface area contributed by atoms with E-state index in [2.05, 4.69) is 26.0 Å². The molecule has 2 N–H and O–H groups in total. The second-order valence-corrected chi connectivity index (χ2v) is 5.81. The highest BCUT2D eigenvalue weighted by atomic mass is 35.5. The summed E-state index contributed by atoms with van der Waals surface area (Å²) in [6.45, 7) is 1.72. The number of hydrogen-bond donors (Lipinski definition) is 2. The Morgan fingerprint density at radius 1 is 1.11 bits per heavy atom. The van der Waals surface area contributed by atoms with Crippen LogP contribution in [0.5, 0.6) is 0 Å². The molecule has 0 aliphatic rings. The van der Waals surface area contributed by atoms with Gasteiger partial charge in [0.05, 0.1) is 10.6 Å². The summed E-state index contributed by atoms with van der Waals surface area (Å²) in [4.78, 5) is 12.2. The maximum atomic E-state index is 12.9. The summed E-state index contributed by atoms with van der Waals surface area (Å²) < 4.78 is 43.5. The highest BCUT2D eigenvalue weighted by Gasteiger charge is 2.33. The van der Waals surface area contributed by atoms with Crippen LogP contribution in [0.4, 0.5) is 30.5 Å². The van der Waals surface area contributed by atoms with Crippen molar-refractivity contribution in [1.82, 2.24) is 15.4 Å². The van der Waals surface area contributed by atoms with Crippen LogP contribution < -0.4 is 10.6 Å². The Morgan fingerprint density at radius 2 is 1.89 bits per heavy atom. The minimum atomic E-state index is -4.63. The van der Waals surface area contributed by atoms with Crippen molar-refractivity contribution in [2.75, 3.05) is 10.6 Å². The summed E-state index contributed by atoms with van der Waals surface area (Å²) in [6, 6.07) is 7.52. The van der Waals surface area contributed by atoms with E-state index in [0.717, 1.165) is 12.1 Å². The molecule has 140 valence electrons. The number of carbonyl (C=O) groups excluding carboxylic acids is 1. The van der Waals surface area contributed by atoms with Gasteiger partial charge in [0, 0.05) is 11.8 Å². The molecule has 3 rings (SSSR count). The summed E-state index contributed by atoms with van der Waals surface area (Å²) in [5.41, 5.74) is -1.20. The number of rotatable bonds is 4. The zero-order valence-corrected chi connectivity index (χ0v) is 14.4. The van der Waals surface area contributed by atoms with Crippen molar-refractivity contribution in [3.8, 4) is 0 Å². The number of alkyl halides is 3. The van der Waals surface area contributed by atoms with Gasteiger partial charge in [-0.1, -0.05) is 16.8 Å². The smallest absolute Gasteiger partial charge is 0.360 e. The lowest BCUT2D eigenvalue weighted by Gasteiger charge is -2.11. The molecular weight excluding hydrogens is 387 g/mol. The molecule has 3 aromatic rings. The molecule has 0 spiro atoms. The first-order valence-electron chi connectivity index (χ1n) is 7.44. The van der Waals surface area contributed by atoms with Gasteiger partial charge in [0.25, 0.3) is 5.91 Å². The fourth-order valence-electron chi connectivity index (χ4n) is 2.09. The van der Waals surface area contributed by atoms with Crippen LogP contribution in [0.2, 0.25) is 5.02 Å². The normalized spacial score (nSPS) is 11.3. The van der Waals surface area contributed by atoms with E-state index in [4.69, 9.17) is 16.1 Å². The maximum Gasteiger partial charge on any atom is 0.417 e. The monoisotopic (exact) mass is 397 g/mol. The Hall–Kier alpha value is -3.14. The van der Waals surface area contributed by atoms with E-state index in [9.17, 15) is 18.0 Å². The number of nitrogens with one attached hydrogen (secondary N) is 2. The Morgan fingerprint density at radius 3 is 2.48 bits per heavy atom. The van der Waals surface area contributed by atoms with E-state index in [1.54, 1.807) is 13.0 Å². The molecule has 0 atom stereocenters. The second kappa shape index (κ2) is 7.23. The molecule has 1 aromatic carbocycles. The van der Waals surface area contributed by atoms with Gasteiger partial charge in [0.1, 0.15) is 5.76 Å². The molecule has 0 aliphatic heterocycles. The minimum absolute atomic E-state index is 0.0706. The van der Waals surface area contributed by atoms with Gasteiger partial charge in [-0.25, -0.2) is 0 Å². The first-order valence-corrected chi connectivity index (χ1v) is 7.82. The van der Waals surface area contributed by atoms with Gasteiger partial charge in [-0.2, -0.15) is 13.2 Å². The average Bonchev–Trinajstić information content (AvgIpc) is 3.01. The summed E-state index contributed by atoms with van der Waals surface area (Å²) in [5.74, 6) is 0.606.